The van der Waals surface area contributed by atoms with Crippen molar-refractivity contribution in [1.82, 2.24) is 19.8 Å². The van der Waals surface area contributed by atoms with E-state index in [1.807, 2.05) is 0 Å². The minimum atomic E-state index is -4.74. The number of nitrogens with zero attached hydrogens (tertiary/aromatic N) is 4. The second-order valence-electron chi connectivity index (χ2n) is 9.33. The number of fused-ring (bicyclic) bond motifs is 1. The van der Waals surface area contributed by atoms with E-state index < -0.39 is 39.3 Å². The minimum absolute atomic E-state index is 0.00227. The van der Waals surface area contributed by atoms with Crippen molar-refractivity contribution in [2.75, 3.05) is 38.0 Å². The van der Waals surface area contributed by atoms with E-state index in [1.165, 1.54) is 47.4 Å². The standard InChI is InChI=1S/C28H24F3N5O5S/c1-41-22-17-19(34-42(39,40)23-8-2-5-18-6-3-11-32-24(18)23)9-10-20(22)26(37)35-13-15-36(16-14-35)27(38)25-21(28(29,30)31)7-4-12-33-25/h2-12,17,34H,13-16H2,1H3. The number of aromatic nitrogens is 2. The highest BCUT2D eigenvalue weighted by atomic mass is 32.2. The molecule has 218 valence electrons. The first-order chi connectivity index (χ1) is 20.0. The fraction of sp³-hybridized carbons (Fsp3) is 0.214. The van der Waals surface area contributed by atoms with Gasteiger partial charge < -0.3 is 14.5 Å². The summed E-state index contributed by atoms with van der Waals surface area (Å²) in [6, 6.07) is 14.4. The molecule has 4 aromatic rings. The number of benzene rings is 2. The van der Waals surface area contributed by atoms with Crippen LogP contribution in [0.2, 0.25) is 0 Å². The summed E-state index contributed by atoms with van der Waals surface area (Å²) >= 11 is 0. The van der Waals surface area contributed by atoms with Crippen LogP contribution in [0.1, 0.15) is 26.4 Å². The number of hydrogen-bond acceptors (Lipinski definition) is 7. The lowest BCUT2D eigenvalue weighted by Gasteiger charge is -2.35. The molecule has 2 aromatic carbocycles. The van der Waals surface area contributed by atoms with Crippen molar-refractivity contribution in [3.63, 3.8) is 0 Å². The van der Waals surface area contributed by atoms with Crippen LogP contribution in [0, 0.1) is 0 Å². The highest BCUT2D eigenvalue weighted by Gasteiger charge is 2.38. The summed E-state index contributed by atoms with van der Waals surface area (Å²) in [7, 11) is -2.71. The summed E-state index contributed by atoms with van der Waals surface area (Å²) in [5.41, 5.74) is -1.20. The Labute approximate surface area is 238 Å². The molecule has 10 nitrogen and oxygen atoms in total. The molecule has 0 bridgehead atoms. The number of rotatable bonds is 6. The molecule has 0 atom stereocenters. The smallest absolute Gasteiger partial charge is 0.418 e. The number of amides is 2. The molecule has 0 radical (unpaired) electrons. The monoisotopic (exact) mass is 599 g/mol. The summed E-state index contributed by atoms with van der Waals surface area (Å²) in [6.45, 7) is 0.115. The number of ether oxygens (including phenoxy) is 1. The van der Waals surface area contributed by atoms with E-state index in [0.717, 1.165) is 18.3 Å². The number of alkyl halides is 3. The lowest BCUT2D eigenvalue weighted by Crippen LogP contribution is -2.51. The van der Waals surface area contributed by atoms with Gasteiger partial charge >= 0.3 is 6.18 Å². The molecular weight excluding hydrogens is 575 g/mol. The third kappa shape index (κ3) is 5.70. The molecule has 14 heteroatoms. The number of piperazine rings is 1. The average Bonchev–Trinajstić information content (AvgIpc) is 2.99. The fourth-order valence-electron chi connectivity index (χ4n) is 4.67. The van der Waals surface area contributed by atoms with E-state index in [4.69, 9.17) is 4.74 Å². The maximum Gasteiger partial charge on any atom is 0.418 e. The van der Waals surface area contributed by atoms with Gasteiger partial charge in [-0.05, 0) is 36.4 Å². The van der Waals surface area contributed by atoms with Gasteiger partial charge in [0, 0.05) is 50.0 Å². The van der Waals surface area contributed by atoms with Gasteiger partial charge in [-0.3, -0.25) is 24.3 Å². The molecular formula is C28H24F3N5O5S. The van der Waals surface area contributed by atoms with E-state index in [1.54, 1.807) is 24.3 Å². The van der Waals surface area contributed by atoms with Crippen LogP contribution in [-0.4, -0.2) is 73.3 Å². The van der Waals surface area contributed by atoms with Gasteiger partial charge in [0.25, 0.3) is 21.8 Å². The lowest BCUT2D eigenvalue weighted by molar-refractivity contribution is -0.138. The molecule has 2 amide bonds. The zero-order valence-corrected chi connectivity index (χ0v) is 22.9. The Kier molecular flexibility index (Phi) is 7.73. The van der Waals surface area contributed by atoms with Gasteiger partial charge in [0.1, 0.15) is 16.3 Å². The van der Waals surface area contributed by atoms with Crippen LogP contribution in [0.4, 0.5) is 18.9 Å². The zero-order valence-electron chi connectivity index (χ0n) is 22.1. The highest BCUT2D eigenvalue weighted by molar-refractivity contribution is 7.93. The van der Waals surface area contributed by atoms with Gasteiger partial charge in [-0.25, -0.2) is 8.42 Å². The topological polar surface area (TPSA) is 122 Å². The van der Waals surface area contributed by atoms with Crippen LogP contribution in [0.15, 0.2) is 78.0 Å². The number of hydrogen-bond donors (Lipinski definition) is 1. The van der Waals surface area contributed by atoms with Crippen LogP contribution >= 0.6 is 0 Å². The molecule has 1 saturated heterocycles. The molecule has 1 aliphatic rings. The SMILES string of the molecule is COc1cc(NS(=O)(=O)c2cccc3cccnc23)ccc1C(=O)N1CCN(C(=O)c2ncccc2C(F)(F)F)CC1. The van der Waals surface area contributed by atoms with Crippen molar-refractivity contribution < 1.29 is 35.9 Å². The lowest BCUT2D eigenvalue weighted by atomic mass is 10.1. The van der Waals surface area contributed by atoms with Gasteiger partial charge in [-0.15, -0.1) is 0 Å². The number of carbonyl (C=O) groups is 2. The normalized spacial score (nSPS) is 14.1. The van der Waals surface area contributed by atoms with Crippen molar-refractivity contribution in [2.24, 2.45) is 0 Å². The van der Waals surface area contributed by atoms with E-state index in [9.17, 15) is 31.2 Å². The Morgan fingerprint density at radius 2 is 1.52 bits per heavy atom. The number of para-hydroxylation sites is 1. The molecule has 3 heterocycles. The Bertz CT molecular complexity index is 1770. The fourth-order valence-corrected chi connectivity index (χ4v) is 5.90. The molecule has 0 saturated carbocycles. The Morgan fingerprint density at radius 3 is 2.21 bits per heavy atom. The van der Waals surface area contributed by atoms with Crippen LogP contribution < -0.4 is 9.46 Å². The number of sulfonamides is 1. The van der Waals surface area contributed by atoms with E-state index in [0.29, 0.717) is 10.9 Å². The van der Waals surface area contributed by atoms with E-state index in [-0.39, 0.29) is 48.1 Å². The van der Waals surface area contributed by atoms with Crippen LogP contribution in [0.3, 0.4) is 0 Å². The maximum absolute atomic E-state index is 13.4. The van der Waals surface area contributed by atoms with Crippen LogP contribution in [0.25, 0.3) is 10.9 Å². The van der Waals surface area contributed by atoms with Crippen LogP contribution in [0.5, 0.6) is 5.75 Å². The Morgan fingerprint density at radius 1 is 0.881 bits per heavy atom. The number of anilines is 1. The van der Waals surface area contributed by atoms with Gasteiger partial charge in [-0.1, -0.05) is 18.2 Å². The average molecular weight is 600 g/mol. The van der Waals surface area contributed by atoms with Crippen molar-refractivity contribution in [3.05, 3.63) is 89.9 Å². The molecule has 1 fully saturated rings. The molecule has 42 heavy (non-hydrogen) atoms. The minimum Gasteiger partial charge on any atom is -0.496 e. The Balaban J connectivity index is 1.29. The second-order valence-corrected chi connectivity index (χ2v) is 11.0. The quantitative estimate of drug-likeness (QED) is 0.355. The predicted molar refractivity (Wildman–Crippen MR) is 147 cm³/mol. The first kappa shape index (κ1) is 28.8. The van der Waals surface area contributed by atoms with Crippen molar-refractivity contribution >= 4 is 38.4 Å². The van der Waals surface area contributed by atoms with Gasteiger partial charge in [0.15, 0.2) is 0 Å². The summed E-state index contributed by atoms with van der Waals surface area (Å²) in [5, 5.41) is 0.654. The van der Waals surface area contributed by atoms with E-state index in [2.05, 4.69) is 14.7 Å². The van der Waals surface area contributed by atoms with Crippen molar-refractivity contribution in [2.45, 2.75) is 11.1 Å². The van der Waals surface area contributed by atoms with Crippen molar-refractivity contribution in [3.8, 4) is 5.75 Å². The Hall–Kier alpha value is -4.72. The molecule has 1 aliphatic heterocycles. The third-order valence-electron chi connectivity index (χ3n) is 6.74. The molecule has 0 unspecified atom stereocenters. The number of carbonyl (C=O) groups excluding carboxylic acids is 2. The summed E-state index contributed by atoms with van der Waals surface area (Å²) in [5.74, 6) is -1.20. The first-order valence-electron chi connectivity index (χ1n) is 12.6. The van der Waals surface area contributed by atoms with Crippen LogP contribution in [-0.2, 0) is 16.2 Å². The summed E-state index contributed by atoms with van der Waals surface area (Å²) in [6.07, 6.45) is -2.12. The number of methoxy groups -OCH3 is 1. The molecule has 5 rings (SSSR count). The molecule has 1 N–H and O–H groups in total. The van der Waals surface area contributed by atoms with Gasteiger partial charge in [0.2, 0.25) is 0 Å². The van der Waals surface area contributed by atoms with E-state index >= 15 is 0 Å². The van der Waals surface area contributed by atoms with Gasteiger partial charge in [-0.2, -0.15) is 13.2 Å². The number of nitrogens with one attached hydrogen (secondary N) is 1. The molecule has 0 spiro atoms. The number of halogens is 3. The summed E-state index contributed by atoms with van der Waals surface area (Å²) < 4.78 is 74.3. The zero-order chi connectivity index (χ0) is 30.1. The largest absolute Gasteiger partial charge is 0.496 e. The molecule has 2 aromatic heterocycles. The third-order valence-corrected chi connectivity index (χ3v) is 8.15. The van der Waals surface area contributed by atoms with Crippen molar-refractivity contribution in [1.29, 1.82) is 0 Å². The maximum atomic E-state index is 13.4. The number of pyridine rings is 2. The first-order valence-corrected chi connectivity index (χ1v) is 14.1. The second kappa shape index (κ2) is 11.3. The highest BCUT2D eigenvalue weighted by Crippen LogP contribution is 2.32. The molecule has 0 aliphatic carbocycles. The van der Waals surface area contributed by atoms with Gasteiger partial charge in [0.05, 0.1) is 29.4 Å². The summed E-state index contributed by atoms with van der Waals surface area (Å²) in [4.78, 5) is 36.6. The predicted octanol–water partition coefficient (Wildman–Crippen LogP) is 4.06.